The number of aryl methyl sites for hydroxylation is 2. The van der Waals surface area contributed by atoms with Crippen LogP contribution >= 0.6 is 0 Å². The average Bonchev–Trinajstić information content (AvgIpc) is 2.72. The topological polar surface area (TPSA) is 115 Å². The minimum atomic E-state index is -2.29. The zero-order valence-electron chi connectivity index (χ0n) is 16.7. The second kappa shape index (κ2) is 9.71. The monoisotopic (exact) mass is 424 g/mol. The van der Waals surface area contributed by atoms with E-state index in [4.69, 9.17) is 0 Å². The molecule has 156 valence electrons. The van der Waals surface area contributed by atoms with Crippen molar-refractivity contribution in [1.82, 2.24) is 15.3 Å². The van der Waals surface area contributed by atoms with Gasteiger partial charge in [0.1, 0.15) is 5.82 Å². The average molecular weight is 425 g/mol. The van der Waals surface area contributed by atoms with Crippen LogP contribution < -0.4 is 5.32 Å². The molecule has 3 rings (SSSR count). The summed E-state index contributed by atoms with van der Waals surface area (Å²) in [6.45, 7) is 3.39. The van der Waals surface area contributed by atoms with Crippen LogP contribution in [-0.2, 0) is 16.8 Å². The van der Waals surface area contributed by atoms with Gasteiger partial charge < -0.3 is 15.0 Å². The highest BCUT2D eigenvalue weighted by Gasteiger charge is 2.17. The van der Waals surface area contributed by atoms with E-state index in [1.807, 2.05) is 31.2 Å². The molecule has 3 aromatic rings. The Labute approximate surface area is 177 Å². The van der Waals surface area contributed by atoms with Crippen LogP contribution in [0.5, 0.6) is 0 Å². The number of aliphatic hydroxyl groups excluding tert-OH is 1. The van der Waals surface area contributed by atoms with Crippen molar-refractivity contribution in [2.45, 2.75) is 25.6 Å². The lowest BCUT2D eigenvalue weighted by molar-refractivity contribution is 0.0916. The maximum atomic E-state index is 12.9. The summed E-state index contributed by atoms with van der Waals surface area (Å²) in [5.41, 5.74) is 4.10. The summed E-state index contributed by atoms with van der Waals surface area (Å²) in [4.78, 5) is 21.1. The van der Waals surface area contributed by atoms with Gasteiger partial charge in [-0.2, -0.15) is 0 Å². The van der Waals surface area contributed by atoms with Crippen molar-refractivity contribution in [3.8, 4) is 11.1 Å². The van der Waals surface area contributed by atoms with Crippen molar-refractivity contribution in [3.63, 3.8) is 0 Å². The molecule has 8 heteroatoms. The molecule has 0 spiro atoms. The van der Waals surface area contributed by atoms with Crippen LogP contribution in [0.25, 0.3) is 11.1 Å². The van der Waals surface area contributed by atoms with Crippen molar-refractivity contribution >= 4 is 17.0 Å². The fraction of sp³-hybridized carbons (Fsp3) is 0.227. The molecule has 0 radical (unpaired) electrons. The molecule has 30 heavy (non-hydrogen) atoms. The minimum absolute atomic E-state index is 0.199. The van der Waals surface area contributed by atoms with Gasteiger partial charge in [0.15, 0.2) is 0 Å². The number of hydrogen-bond donors (Lipinski definition) is 2. The fourth-order valence-electron chi connectivity index (χ4n) is 3.01. The largest absolute Gasteiger partial charge is 0.772 e. The number of carbonyl (C=O) groups excluding carboxylic acids is 1. The number of rotatable bonds is 7. The van der Waals surface area contributed by atoms with Gasteiger partial charge in [-0.1, -0.05) is 47.0 Å². The van der Waals surface area contributed by atoms with Gasteiger partial charge in [0, 0.05) is 29.3 Å². The highest BCUT2D eigenvalue weighted by molar-refractivity contribution is 7.78. The molecule has 1 aromatic heterocycles. The van der Waals surface area contributed by atoms with E-state index in [1.54, 1.807) is 37.5 Å². The van der Waals surface area contributed by atoms with E-state index >= 15 is 0 Å². The van der Waals surface area contributed by atoms with Crippen molar-refractivity contribution in [1.29, 1.82) is 0 Å². The number of benzene rings is 2. The molecular weight excluding hydrogens is 402 g/mol. The lowest BCUT2D eigenvalue weighted by Gasteiger charge is -2.17. The molecule has 2 aromatic carbocycles. The standard InChI is InChI=1S/C22H23N3O4S/c1-14-3-5-17(6-4-14)18-7-16(13-30(28)29)8-19(9-18)22(27)25-21(12-26)20-10-23-15(2)24-11-20/h3-11,21,26H,12-13H2,1-2H3,(H,25,27)(H,28,29)/p-1/t21-/m1/s1. The van der Waals surface area contributed by atoms with E-state index in [2.05, 4.69) is 15.3 Å². The first-order valence-corrected chi connectivity index (χ1v) is 10.6. The molecule has 0 aliphatic rings. The van der Waals surface area contributed by atoms with E-state index in [-0.39, 0.29) is 12.4 Å². The number of aliphatic hydroxyl groups is 1. The maximum absolute atomic E-state index is 12.9. The molecule has 2 N–H and O–H groups in total. The molecule has 0 fully saturated rings. The molecule has 1 unspecified atom stereocenters. The van der Waals surface area contributed by atoms with Crippen molar-refractivity contribution in [2.24, 2.45) is 0 Å². The molecule has 0 aliphatic heterocycles. The molecule has 0 saturated carbocycles. The molecule has 7 nitrogen and oxygen atoms in total. The van der Waals surface area contributed by atoms with Gasteiger partial charge in [-0.15, -0.1) is 0 Å². The van der Waals surface area contributed by atoms with Gasteiger partial charge in [0.05, 0.1) is 12.6 Å². The Morgan fingerprint density at radius 2 is 1.77 bits per heavy atom. The third kappa shape index (κ3) is 5.56. The second-order valence-electron chi connectivity index (χ2n) is 7.00. The van der Waals surface area contributed by atoms with Gasteiger partial charge in [-0.25, -0.2) is 9.97 Å². The molecular formula is C22H22N3O4S-. The van der Waals surface area contributed by atoms with E-state index in [1.165, 1.54) is 0 Å². The summed E-state index contributed by atoms with van der Waals surface area (Å²) < 4.78 is 22.5. The smallest absolute Gasteiger partial charge is 0.251 e. The summed E-state index contributed by atoms with van der Waals surface area (Å²) in [5, 5.41) is 12.5. The van der Waals surface area contributed by atoms with Crippen molar-refractivity contribution in [3.05, 3.63) is 82.9 Å². The summed E-state index contributed by atoms with van der Waals surface area (Å²) >= 11 is -2.29. The van der Waals surface area contributed by atoms with Crippen LogP contribution in [0.15, 0.2) is 54.9 Å². The molecule has 2 atom stereocenters. The lowest BCUT2D eigenvalue weighted by atomic mass is 9.99. The first-order valence-electron chi connectivity index (χ1n) is 9.33. The van der Waals surface area contributed by atoms with Gasteiger partial charge in [0.2, 0.25) is 0 Å². The van der Waals surface area contributed by atoms with E-state index < -0.39 is 23.0 Å². The Kier molecular flexibility index (Phi) is 7.04. The molecule has 0 saturated heterocycles. The number of nitrogens with one attached hydrogen (secondary N) is 1. The van der Waals surface area contributed by atoms with Crippen LogP contribution in [0.4, 0.5) is 0 Å². The van der Waals surface area contributed by atoms with Crippen LogP contribution in [-0.4, -0.2) is 36.4 Å². The number of nitrogens with zero attached hydrogens (tertiary/aromatic N) is 2. The number of carbonyl (C=O) groups is 1. The van der Waals surface area contributed by atoms with E-state index in [9.17, 15) is 18.7 Å². The summed E-state index contributed by atoms with van der Waals surface area (Å²) in [7, 11) is 0. The minimum Gasteiger partial charge on any atom is -0.772 e. The van der Waals surface area contributed by atoms with Crippen LogP contribution in [0, 0.1) is 13.8 Å². The predicted octanol–water partition coefficient (Wildman–Crippen LogP) is 2.60. The third-order valence-corrected chi connectivity index (χ3v) is 5.18. The number of hydrogen-bond acceptors (Lipinski definition) is 6. The van der Waals surface area contributed by atoms with Crippen LogP contribution in [0.3, 0.4) is 0 Å². The Morgan fingerprint density at radius 1 is 1.10 bits per heavy atom. The zero-order chi connectivity index (χ0) is 21.7. The summed E-state index contributed by atoms with van der Waals surface area (Å²) in [6.07, 6.45) is 3.11. The number of aromatic nitrogens is 2. The summed E-state index contributed by atoms with van der Waals surface area (Å²) in [6, 6.07) is 12.1. The molecule has 1 amide bonds. The SMILES string of the molecule is Cc1ccc(-c2cc(CS(=O)[O-])cc(C(=O)N[C@H](CO)c3cnc(C)nc3)c2)cc1. The van der Waals surface area contributed by atoms with Crippen LogP contribution in [0.1, 0.15) is 38.9 Å². The van der Waals surface area contributed by atoms with Gasteiger partial charge in [0.25, 0.3) is 5.91 Å². The third-order valence-electron chi connectivity index (χ3n) is 4.62. The predicted molar refractivity (Wildman–Crippen MR) is 113 cm³/mol. The normalized spacial score (nSPS) is 12.9. The first-order chi connectivity index (χ1) is 14.4. The Morgan fingerprint density at radius 3 is 2.37 bits per heavy atom. The van der Waals surface area contributed by atoms with Gasteiger partial charge in [-0.3, -0.25) is 9.00 Å². The summed E-state index contributed by atoms with van der Waals surface area (Å²) in [5.74, 6) is -0.0424. The highest BCUT2D eigenvalue weighted by atomic mass is 32.2. The van der Waals surface area contributed by atoms with Crippen molar-refractivity contribution in [2.75, 3.05) is 6.61 Å². The molecule has 0 aliphatic carbocycles. The quantitative estimate of drug-likeness (QED) is 0.564. The number of amides is 1. The van der Waals surface area contributed by atoms with Gasteiger partial charge >= 0.3 is 0 Å². The second-order valence-corrected chi connectivity index (χ2v) is 7.90. The Hall–Kier alpha value is -2.94. The Balaban J connectivity index is 1.93. The fourth-order valence-corrected chi connectivity index (χ4v) is 3.45. The van der Waals surface area contributed by atoms with E-state index in [0.717, 1.165) is 16.7 Å². The van der Waals surface area contributed by atoms with Gasteiger partial charge in [-0.05, 0) is 42.7 Å². The molecule has 1 heterocycles. The highest BCUT2D eigenvalue weighted by Crippen LogP contribution is 2.24. The maximum Gasteiger partial charge on any atom is 0.251 e. The molecule has 0 bridgehead atoms. The first kappa shape index (κ1) is 21.8. The van der Waals surface area contributed by atoms with E-state index in [0.29, 0.717) is 22.5 Å². The van der Waals surface area contributed by atoms with Crippen molar-refractivity contribution < 1.29 is 18.7 Å². The zero-order valence-corrected chi connectivity index (χ0v) is 17.5. The van der Waals surface area contributed by atoms with Crippen LogP contribution in [0.2, 0.25) is 0 Å². The Bertz CT molecular complexity index is 1050. The lowest BCUT2D eigenvalue weighted by Crippen LogP contribution is -2.31.